The van der Waals surface area contributed by atoms with Crippen LogP contribution in [0.5, 0.6) is 5.75 Å². The molecule has 1 aliphatic carbocycles. The van der Waals surface area contributed by atoms with Gasteiger partial charge in [0.1, 0.15) is 23.3 Å². The van der Waals surface area contributed by atoms with Crippen LogP contribution in [0.2, 0.25) is 0 Å². The molecule has 1 saturated carbocycles. The summed E-state index contributed by atoms with van der Waals surface area (Å²) in [5.41, 5.74) is 2.03. The van der Waals surface area contributed by atoms with Gasteiger partial charge in [0.05, 0.1) is 12.2 Å². The number of halogens is 1. The van der Waals surface area contributed by atoms with Gasteiger partial charge in [-0.2, -0.15) is 0 Å². The van der Waals surface area contributed by atoms with Crippen LogP contribution in [0.1, 0.15) is 56.5 Å². The van der Waals surface area contributed by atoms with Crippen LogP contribution in [0.4, 0.5) is 4.39 Å². The van der Waals surface area contributed by atoms with Gasteiger partial charge in [-0.1, -0.05) is 18.6 Å². The van der Waals surface area contributed by atoms with Crippen LogP contribution in [-0.2, 0) is 4.74 Å². The summed E-state index contributed by atoms with van der Waals surface area (Å²) in [6.45, 7) is 7.10. The van der Waals surface area contributed by atoms with Crippen molar-refractivity contribution in [1.29, 1.82) is 0 Å². The van der Waals surface area contributed by atoms with E-state index in [1.54, 1.807) is 17.0 Å². The summed E-state index contributed by atoms with van der Waals surface area (Å²) in [5.74, 6) is 0.526. The molecule has 2 atom stereocenters. The Morgan fingerprint density at radius 1 is 0.973 bits per heavy atom. The number of fused-ring (bicyclic) bond motifs is 1. The van der Waals surface area contributed by atoms with Gasteiger partial charge in [0.25, 0.3) is 5.91 Å². The lowest BCUT2D eigenvalue weighted by Gasteiger charge is -2.41. The number of rotatable bonds is 5. The average Bonchev–Trinajstić information content (AvgIpc) is 3.22. The Bertz CT molecular complexity index is 1250. The van der Waals surface area contributed by atoms with Crippen LogP contribution in [0.25, 0.3) is 22.1 Å². The van der Waals surface area contributed by atoms with E-state index in [2.05, 4.69) is 4.90 Å². The van der Waals surface area contributed by atoms with E-state index < -0.39 is 0 Å². The predicted molar refractivity (Wildman–Crippen MR) is 140 cm³/mol. The van der Waals surface area contributed by atoms with E-state index in [0.717, 1.165) is 48.7 Å². The summed E-state index contributed by atoms with van der Waals surface area (Å²) in [7, 11) is 0. The highest BCUT2D eigenvalue weighted by molar-refractivity contribution is 6.08. The lowest BCUT2D eigenvalue weighted by molar-refractivity contribution is -0.0591. The van der Waals surface area contributed by atoms with Gasteiger partial charge in [-0.05, 0) is 69.4 Å². The molecular formula is C30H35FN2O4. The number of piperidine rings is 1. The molecule has 2 aromatic carbocycles. The molecule has 0 spiro atoms. The molecule has 0 N–H and O–H groups in total. The number of morpholine rings is 1. The molecule has 0 bridgehead atoms. The smallest absolute Gasteiger partial charge is 0.290 e. The van der Waals surface area contributed by atoms with Gasteiger partial charge in [0.15, 0.2) is 0 Å². The highest BCUT2D eigenvalue weighted by Crippen LogP contribution is 2.38. The molecular weight excluding hydrogens is 471 g/mol. The quantitative estimate of drug-likeness (QED) is 0.432. The number of hydrogen-bond acceptors (Lipinski definition) is 5. The van der Waals surface area contributed by atoms with Gasteiger partial charge in [0.2, 0.25) is 5.76 Å². The monoisotopic (exact) mass is 506 g/mol. The van der Waals surface area contributed by atoms with Gasteiger partial charge in [-0.3, -0.25) is 4.79 Å². The van der Waals surface area contributed by atoms with E-state index in [0.29, 0.717) is 24.2 Å². The molecule has 3 heterocycles. The highest BCUT2D eigenvalue weighted by Gasteiger charge is 2.32. The van der Waals surface area contributed by atoms with E-state index >= 15 is 0 Å². The SMILES string of the molecule is CC1CN(C(=O)c2oc3cc(OC4CCN(C5CCC5)CC4)ccc3c2-c2ccc(F)cc2)CC(C)O1. The minimum atomic E-state index is -0.320. The fourth-order valence-corrected chi connectivity index (χ4v) is 5.99. The maximum atomic E-state index is 13.7. The zero-order valence-electron chi connectivity index (χ0n) is 21.6. The van der Waals surface area contributed by atoms with Crippen LogP contribution in [0, 0.1) is 5.82 Å². The van der Waals surface area contributed by atoms with Crippen molar-refractivity contribution in [3.8, 4) is 16.9 Å². The van der Waals surface area contributed by atoms with Crippen molar-refractivity contribution in [3.05, 3.63) is 54.0 Å². The summed E-state index contributed by atoms with van der Waals surface area (Å²) < 4.78 is 32.2. The Kier molecular flexibility index (Phi) is 6.67. The normalized spacial score (nSPS) is 23.8. The standard InChI is InChI=1S/C30H35FN2O4/c1-19-17-33(18-20(2)35-19)30(34)29-28(21-6-8-22(31)9-7-21)26-11-10-25(16-27(26)37-29)36-24-12-14-32(15-13-24)23-4-3-5-23/h6-11,16,19-20,23-24H,3-5,12-15,17-18H2,1-2H3. The fraction of sp³-hybridized carbons (Fsp3) is 0.500. The fourth-order valence-electron chi connectivity index (χ4n) is 5.99. The van der Waals surface area contributed by atoms with Crippen LogP contribution < -0.4 is 4.74 Å². The molecule has 37 heavy (non-hydrogen) atoms. The van der Waals surface area contributed by atoms with Gasteiger partial charge in [-0.15, -0.1) is 0 Å². The maximum Gasteiger partial charge on any atom is 0.290 e. The van der Waals surface area contributed by atoms with Gasteiger partial charge >= 0.3 is 0 Å². The molecule has 196 valence electrons. The first kappa shape index (κ1) is 24.4. The molecule has 2 unspecified atom stereocenters. The van der Waals surface area contributed by atoms with Gasteiger partial charge in [0, 0.05) is 49.2 Å². The Labute approximate surface area is 217 Å². The van der Waals surface area contributed by atoms with E-state index in [1.165, 1.54) is 31.4 Å². The maximum absolute atomic E-state index is 13.7. The highest BCUT2D eigenvalue weighted by atomic mass is 19.1. The molecule has 3 aliphatic rings. The zero-order chi connectivity index (χ0) is 25.5. The number of carbonyl (C=O) groups is 1. The molecule has 7 heteroatoms. The molecule has 6 rings (SSSR count). The zero-order valence-corrected chi connectivity index (χ0v) is 21.6. The first-order valence-electron chi connectivity index (χ1n) is 13.6. The summed E-state index contributed by atoms with van der Waals surface area (Å²) in [6.07, 6.45) is 6.14. The van der Waals surface area contributed by atoms with E-state index in [9.17, 15) is 9.18 Å². The molecule has 1 aromatic heterocycles. The van der Waals surface area contributed by atoms with Crippen molar-refractivity contribution in [2.24, 2.45) is 0 Å². The number of hydrogen-bond donors (Lipinski definition) is 0. The number of ether oxygens (including phenoxy) is 2. The van der Waals surface area contributed by atoms with Crippen molar-refractivity contribution < 1.29 is 23.1 Å². The van der Waals surface area contributed by atoms with Crippen LogP contribution >= 0.6 is 0 Å². The predicted octanol–water partition coefficient (Wildman–Crippen LogP) is 5.88. The molecule has 1 amide bonds. The van der Waals surface area contributed by atoms with Crippen LogP contribution in [0.15, 0.2) is 46.9 Å². The van der Waals surface area contributed by atoms with Crippen molar-refractivity contribution in [2.75, 3.05) is 26.2 Å². The molecule has 3 aromatic rings. The Hall–Kier alpha value is -2.90. The summed E-state index contributed by atoms with van der Waals surface area (Å²) in [6, 6.07) is 12.8. The summed E-state index contributed by atoms with van der Waals surface area (Å²) >= 11 is 0. The third-order valence-corrected chi connectivity index (χ3v) is 8.07. The first-order chi connectivity index (χ1) is 17.9. The molecule has 2 saturated heterocycles. The molecule has 0 radical (unpaired) electrons. The Balaban J connectivity index is 1.28. The van der Waals surface area contributed by atoms with Gasteiger partial charge in [-0.25, -0.2) is 4.39 Å². The third-order valence-electron chi connectivity index (χ3n) is 8.07. The number of benzene rings is 2. The van der Waals surface area contributed by atoms with E-state index in [4.69, 9.17) is 13.9 Å². The summed E-state index contributed by atoms with van der Waals surface area (Å²) in [4.78, 5) is 18.1. The molecule has 6 nitrogen and oxygen atoms in total. The topological polar surface area (TPSA) is 55.2 Å². The minimum absolute atomic E-state index is 0.0536. The number of amides is 1. The largest absolute Gasteiger partial charge is 0.490 e. The number of furan rings is 1. The van der Waals surface area contributed by atoms with E-state index in [-0.39, 0.29) is 35.8 Å². The van der Waals surface area contributed by atoms with Crippen molar-refractivity contribution in [2.45, 2.75) is 70.3 Å². The second-order valence-electron chi connectivity index (χ2n) is 10.9. The minimum Gasteiger partial charge on any atom is -0.490 e. The second-order valence-corrected chi connectivity index (χ2v) is 10.9. The number of likely N-dealkylation sites (tertiary alicyclic amines) is 1. The molecule has 3 fully saturated rings. The number of carbonyl (C=O) groups excluding carboxylic acids is 1. The first-order valence-corrected chi connectivity index (χ1v) is 13.6. The Morgan fingerprint density at radius 3 is 2.32 bits per heavy atom. The Morgan fingerprint density at radius 2 is 1.68 bits per heavy atom. The van der Waals surface area contributed by atoms with Crippen molar-refractivity contribution in [3.63, 3.8) is 0 Å². The third kappa shape index (κ3) is 4.99. The average molecular weight is 507 g/mol. The van der Waals surface area contributed by atoms with Crippen LogP contribution in [0.3, 0.4) is 0 Å². The van der Waals surface area contributed by atoms with E-state index in [1.807, 2.05) is 32.0 Å². The van der Waals surface area contributed by atoms with Crippen molar-refractivity contribution >= 4 is 16.9 Å². The summed E-state index contributed by atoms with van der Waals surface area (Å²) in [5, 5.41) is 0.816. The lowest BCUT2D eigenvalue weighted by atomic mass is 9.90. The van der Waals surface area contributed by atoms with Crippen LogP contribution in [-0.4, -0.2) is 66.2 Å². The number of nitrogens with zero attached hydrogens (tertiary/aromatic N) is 2. The van der Waals surface area contributed by atoms with Crippen molar-refractivity contribution in [1.82, 2.24) is 9.80 Å². The lowest BCUT2D eigenvalue weighted by Crippen LogP contribution is -2.48. The second kappa shape index (κ2) is 10.1. The molecule has 2 aliphatic heterocycles. The van der Waals surface area contributed by atoms with Gasteiger partial charge < -0.3 is 23.7 Å².